The van der Waals surface area contributed by atoms with E-state index in [1.807, 2.05) is 48.3 Å². The first-order valence-electron chi connectivity index (χ1n) is 11.1. The molecular formula is C25H25N5O4. The highest BCUT2D eigenvalue weighted by Crippen LogP contribution is 2.34. The molecule has 1 N–H and O–H groups in total. The third-order valence-electron chi connectivity index (χ3n) is 6.03. The summed E-state index contributed by atoms with van der Waals surface area (Å²) in [6, 6.07) is 16.5. The van der Waals surface area contributed by atoms with Crippen LogP contribution in [0.1, 0.15) is 10.4 Å². The van der Waals surface area contributed by atoms with E-state index in [-0.39, 0.29) is 18.7 Å². The number of nitrogens with zero attached hydrogens (tertiary/aromatic N) is 4. The number of hydrogen-bond acceptors (Lipinski definition) is 6. The third-order valence-corrected chi connectivity index (χ3v) is 6.03. The molecule has 1 saturated heterocycles. The topological polar surface area (TPSA) is 87.2 Å². The normalized spacial score (nSPS) is 14.6. The summed E-state index contributed by atoms with van der Waals surface area (Å²) in [4.78, 5) is 35.2. The van der Waals surface area contributed by atoms with Crippen molar-refractivity contribution in [2.75, 3.05) is 50.2 Å². The molecule has 0 atom stereocenters. The molecule has 0 saturated carbocycles. The molecule has 3 heterocycles. The van der Waals surface area contributed by atoms with Crippen LogP contribution in [0.25, 0.3) is 0 Å². The van der Waals surface area contributed by atoms with Crippen molar-refractivity contribution in [1.82, 2.24) is 14.8 Å². The number of pyridine rings is 1. The number of benzene rings is 2. The van der Waals surface area contributed by atoms with Gasteiger partial charge < -0.3 is 29.5 Å². The standard InChI is InChI=1S/C25H25N5O4/c1-28(21-8-10-26-11-9-21)20-5-2-18(3-6-20)24(31)29-12-14-30(15-13-29)25(32)27-19-4-7-22-23(16-19)34-17-33-22/h2-11,16H,12-15,17H2,1H3,(H,27,32). The Bertz CT molecular complexity index is 1180. The molecule has 0 spiro atoms. The Labute approximate surface area is 197 Å². The summed E-state index contributed by atoms with van der Waals surface area (Å²) in [5, 5.41) is 2.89. The average Bonchev–Trinajstić information content (AvgIpc) is 3.36. The zero-order valence-corrected chi connectivity index (χ0v) is 18.8. The van der Waals surface area contributed by atoms with E-state index in [0.717, 1.165) is 11.4 Å². The van der Waals surface area contributed by atoms with Gasteiger partial charge in [0.1, 0.15) is 0 Å². The summed E-state index contributed by atoms with van der Waals surface area (Å²) >= 11 is 0. The molecule has 9 nitrogen and oxygen atoms in total. The van der Waals surface area contributed by atoms with Gasteiger partial charge in [0.2, 0.25) is 6.79 Å². The van der Waals surface area contributed by atoms with Crippen molar-refractivity contribution in [3.8, 4) is 11.5 Å². The van der Waals surface area contributed by atoms with Crippen LogP contribution < -0.4 is 19.7 Å². The number of fused-ring (bicyclic) bond motifs is 1. The summed E-state index contributed by atoms with van der Waals surface area (Å²) in [5.74, 6) is 1.25. The predicted octanol–water partition coefficient (Wildman–Crippen LogP) is 3.57. The molecule has 0 unspecified atom stereocenters. The van der Waals surface area contributed by atoms with E-state index in [9.17, 15) is 9.59 Å². The highest BCUT2D eigenvalue weighted by molar-refractivity contribution is 5.95. The molecule has 174 valence electrons. The number of carbonyl (C=O) groups excluding carboxylic acids is 2. The van der Waals surface area contributed by atoms with Crippen LogP contribution in [0.2, 0.25) is 0 Å². The van der Waals surface area contributed by atoms with E-state index in [1.165, 1.54) is 0 Å². The average molecular weight is 460 g/mol. The molecule has 2 aliphatic rings. The number of carbonyl (C=O) groups is 2. The van der Waals surface area contributed by atoms with Crippen LogP contribution in [-0.4, -0.2) is 66.7 Å². The van der Waals surface area contributed by atoms with Gasteiger partial charge in [-0.25, -0.2) is 4.79 Å². The Kier molecular flexibility index (Phi) is 5.90. The molecule has 0 aliphatic carbocycles. The van der Waals surface area contributed by atoms with Gasteiger partial charge in [-0.2, -0.15) is 0 Å². The van der Waals surface area contributed by atoms with Gasteiger partial charge in [0.15, 0.2) is 11.5 Å². The molecule has 3 aromatic rings. The van der Waals surface area contributed by atoms with E-state index in [2.05, 4.69) is 10.3 Å². The zero-order chi connectivity index (χ0) is 23.5. The molecule has 0 radical (unpaired) electrons. The van der Waals surface area contributed by atoms with Crippen molar-refractivity contribution in [1.29, 1.82) is 0 Å². The van der Waals surface area contributed by atoms with Crippen molar-refractivity contribution in [2.24, 2.45) is 0 Å². The number of hydrogen-bond donors (Lipinski definition) is 1. The van der Waals surface area contributed by atoms with Crippen molar-refractivity contribution in [2.45, 2.75) is 0 Å². The maximum Gasteiger partial charge on any atom is 0.321 e. The monoisotopic (exact) mass is 459 g/mol. The quantitative estimate of drug-likeness (QED) is 0.642. The molecule has 2 aromatic carbocycles. The number of anilines is 3. The van der Waals surface area contributed by atoms with Gasteiger partial charge in [-0.15, -0.1) is 0 Å². The van der Waals surface area contributed by atoms with Gasteiger partial charge in [-0.3, -0.25) is 9.78 Å². The Morgan fingerprint density at radius 3 is 2.24 bits per heavy atom. The molecule has 1 aromatic heterocycles. The van der Waals surface area contributed by atoms with E-state index in [1.54, 1.807) is 40.4 Å². The van der Waals surface area contributed by atoms with Crippen LogP contribution in [0.4, 0.5) is 21.9 Å². The van der Waals surface area contributed by atoms with Gasteiger partial charge in [-0.05, 0) is 48.5 Å². The maximum atomic E-state index is 13.0. The molecule has 34 heavy (non-hydrogen) atoms. The number of ether oxygens (including phenoxy) is 2. The zero-order valence-electron chi connectivity index (χ0n) is 18.8. The summed E-state index contributed by atoms with van der Waals surface area (Å²) in [6.45, 7) is 2.07. The van der Waals surface area contributed by atoms with E-state index >= 15 is 0 Å². The van der Waals surface area contributed by atoms with Crippen LogP contribution >= 0.6 is 0 Å². The van der Waals surface area contributed by atoms with Crippen LogP contribution in [-0.2, 0) is 0 Å². The van der Waals surface area contributed by atoms with Gasteiger partial charge in [0.25, 0.3) is 5.91 Å². The highest BCUT2D eigenvalue weighted by Gasteiger charge is 2.25. The Hall–Kier alpha value is -4.27. The summed E-state index contributed by atoms with van der Waals surface area (Å²) in [7, 11) is 1.97. The van der Waals surface area contributed by atoms with Crippen molar-refractivity contribution in [3.05, 3.63) is 72.6 Å². The van der Waals surface area contributed by atoms with Crippen LogP contribution in [0, 0.1) is 0 Å². The Balaban J connectivity index is 1.15. The number of rotatable bonds is 4. The summed E-state index contributed by atoms with van der Waals surface area (Å²) in [6.07, 6.45) is 3.50. The molecule has 5 rings (SSSR count). The molecule has 9 heteroatoms. The van der Waals surface area contributed by atoms with Crippen LogP contribution in [0.3, 0.4) is 0 Å². The number of aromatic nitrogens is 1. The first kappa shape index (κ1) is 21.6. The van der Waals surface area contributed by atoms with Gasteiger partial charge in [-0.1, -0.05) is 0 Å². The number of amides is 3. The molecule has 0 bridgehead atoms. The smallest absolute Gasteiger partial charge is 0.321 e. The minimum Gasteiger partial charge on any atom is -0.454 e. The van der Waals surface area contributed by atoms with Gasteiger partial charge >= 0.3 is 6.03 Å². The lowest BCUT2D eigenvalue weighted by atomic mass is 10.1. The van der Waals surface area contributed by atoms with E-state index in [4.69, 9.17) is 9.47 Å². The second-order valence-electron chi connectivity index (χ2n) is 8.09. The fourth-order valence-electron chi connectivity index (χ4n) is 4.02. The Morgan fingerprint density at radius 1 is 0.853 bits per heavy atom. The van der Waals surface area contributed by atoms with Crippen molar-refractivity contribution in [3.63, 3.8) is 0 Å². The fourth-order valence-corrected chi connectivity index (χ4v) is 4.02. The fraction of sp³-hybridized carbons (Fsp3) is 0.240. The first-order chi connectivity index (χ1) is 16.6. The summed E-state index contributed by atoms with van der Waals surface area (Å²) in [5.41, 5.74) is 3.27. The third kappa shape index (κ3) is 4.45. The minimum atomic E-state index is -0.200. The molecule has 1 fully saturated rings. The number of nitrogens with one attached hydrogen (secondary N) is 1. The van der Waals surface area contributed by atoms with E-state index in [0.29, 0.717) is 48.9 Å². The predicted molar refractivity (Wildman–Crippen MR) is 128 cm³/mol. The maximum absolute atomic E-state index is 13.0. The molecular weight excluding hydrogens is 434 g/mol. The van der Waals surface area contributed by atoms with Crippen molar-refractivity contribution >= 4 is 29.0 Å². The van der Waals surface area contributed by atoms with Crippen LogP contribution in [0.15, 0.2) is 67.0 Å². The molecule has 2 aliphatic heterocycles. The number of piperazine rings is 1. The van der Waals surface area contributed by atoms with Gasteiger partial charge in [0, 0.05) is 74.3 Å². The van der Waals surface area contributed by atoms with Crippen LogP contribution in [0.5, 0.6) is 11.5 Å². The lowest BCUT2D eigenvalue weighted by Gasteiger charge is -2.34. The highest BCUT2D eigenvalue weighted by atomic mass is 16.7. The van der Waals surface area contributed by atoms with Gasteiger partial charge in [0.05, 0.1) is 0 Å². The Morgan fingerprint density at radius 2 is 1.50 bits per heavy atom. The van der Waals surface area contributed by atoms with E-state index < -0.39 is 0 Å². The second-order valence-corrected chi connectivity index (χ2v) is 8.09. The lowest BCUT2D eigenvalue weighted by molar-refractivity contribution is 0.0671. The second kappa shape index (κ2) is 9.30. The van der Waals surface area contributed by atoms with Crippen molar-refractivity contribution < 1.29 is 19.1 Å². The lowest BCUT2D eigenvalue weighted by Crippen LogP contribution is -2.51. The SMILES string of the molecule is CN(c1ccncc1)c1ccc(C(=O)N2CCN(C(=O)Nc3ccc4c(c3)OCO4)CC2)cc1. The summed E-state index contributed by atoms with van der Waals surface area (Å²) < 4.78 is 10.7. The number of urea groups is 1. The largest absolute Gasteiger partial charge is 0.454 e. The molecule has 3 amide bonds. The first-order valence-corrected chi connectivity index (χ1v) is 11.1. The minimum absolute atomic E-state index is 0.0334.